The van der Waals surface area contributed by atoms with Gasteiger partial charge in [0.05, 0.1) is 28.0 Å². The normalized spacial score (nSPS) is 16.3. The van der Waals surface area contributed by atoms with Crippen molar-refractivity contribution in [2.45, 2.75) is 33.1 Å². The third-order valence-electron chi connectivity index (χ3n) is 4.96. The quantitative estimate of drug-likeness (QED) is 0.495. The second-order valence-electron chi connectivity index (χ2n) is 7.14. The van der Waals surface area contributed by atoms with Crippen LogP contribution in [0.4, 0.5) is 0 Å². The fraction of sp³-hybridized carbons (Fsp3) is 0.286. The number of para-hydroxylation sites is 1. The van der Waals surface area contributed by atoms with Crippen LogP contribution in [0.25, 0.3) is 5.69 Å². The van der Waals surface area contributed by atoms with Gasteiger partial charge < -0.3 is 0 Å². The highest BCUT2D eigenvalue weighted by atomic mass is 35.5. The number of hydrazone groups is 1. The highest BCUT2D eigenvalue weighted by Gasteiger charge is 2.20. The smallest absolute Gasteiger partial charge is 0.266 e. The van der Waals surface area contributed by atoms with Crippen LogP contribution in [0.2, 0.25) is 5.15 Å². The Labute approximate surface area is 173 Å². The Hall–Kier alpha value is -2.44. The van der Waals surface area contributed by atoms with Crippen molar-refractivity contribution in [1.29, 1.82) is 0 Å². The summed E-state index contributed by atoms with van der Waals surface area (Å²) in [7, 11) is 0. The minimum Gasteiger partial charge on any atom is -0.266 e. The maximum atomic E-state index is 12.5. The van der Waals surface area contributed by atoms with Gasteiger partial charge in [-0.3, -0.25) is 4.79 Å². The number of halogens is 1. The van der Waals surface area contributed by atoms with Crippen LogP contribution in [-0.2, 0) is 12.8 Å². The molecule has 28 heavy (non-hydrogen) atoms. The van der Waals surface area contributed by atoms with E-state index in [1.54, 1.807) is 22.2 Å². The Kier molecular flexibility index (Phi) is 5.33. The van der Waals surface area contributed by atoms with Gasteiger partial charge in [0.15, 0.2) is 0 Å². The van der Waals surface area contributed by atoms with Crippen molar-refractivity contribution < 1.29 is 4.79 Å². The SMILES string of the molecule is Cc1nn(-c2ccccc2)c(Cl)c1/C=N/NC(=O)c1cc2c(s1)CCC(C)C2. The number of aromatic nitrogens is 2. The largest absolute Gasteiger partial charge is 0.281 e. The van der Waals surface area contributed by atoms with E-state index in [2.05, 4.69) is 22.5 Å². The first-order valence-corrected chi connectivity index (χ1v) is 10.5. The van der Waals surface area contributed by atoms with Crippen LogP contribution >= 0.6 is 22.9 Å². The molecule has 1 unspecified atom stereocenters. The summed E-state index contributed by atoms with van der Waals surface area (Å²) in [6, 6.07) is 11.7. The van der Waals surface area contributed by atoms with Crippen LogP contribution in [-0.4, -0.2) is 21.9 Å². The van der Waals surface area contributed by atoms with Gasteiger partial charge in [-0.25, -0.2) is 10.1 Å². The van der Waals surface area contributed by atoms with E-state index in [0.717, 1.165) is 24.2 Å². The number of thiophene rings is 1. The molecule has 0 fully saturated rings. The Balaban J connectivity index is 1.48. The molecule has 1 atom stereocenters. The van der Waals surface area contributed by atoms with E-state index in [9.17, 15) is 4.79 Å². The highest BCUT2D eigenvalue weighted by molar-refractivity contribution is 7.14. The first kappa shape index (κ1) is 18.9. The van der Waals surface area contributed by atoms with Crippen molar-refractivity contribution >= 4 is 35.1 Å². The number of rotatable bonds is 4. The first-order chi connectivity index (χ1) is 13.5. The summed E-state index contributed by atoms with van der Waals surface area (Å²) in [6.07, 6.45) is 4.86. The summed E-state index contributed by atoms with van der Waals surface area (Å²) in [5, 5.41) is 9.04. The maximum absolute atomic E-state index is 12.5. The van der Waals surface area contributed by atoms with Crippen LogP contribution in [0, 0.1) is 12.8 Å². The van der Waals surface area contributed by atoms with E-state index >= 15 is 0 Å². The molecule has 3 aromatic rings. The van der Waals surface area contributed by atoms with Crippen LogP contribution in [0.5, 0.6) is 0 Å². The minimum absolute atomic E-state index is 0.187. The minimum atomic E-state index is -0.187. The van der Waals surface area contributed by atoms with Crippen molar-refractivity contribution in [3.8, 4) is 5.69 Å². The van der Waals surface area contributed by atoms with E-state index in [-0.39, 0.29) is 5.91 Å². The molecule has 0 saturated carbocycles. The van der Waals surface area contributed by atoms with E-state index in [4.69, 9.17) is 11.6 Å². The molecule has 1 amide bonds. The second kappa shape index (κ2) is 7.89. The van der Waals surface area contributed by atoms with Crippen molar-refractivity contribution in [1.82, 2.24) is 15.2 Å². The molecule has 2 aromatic heterocycles. The summed E-state index contributed by atoms with van der Waals surface area (Å²) in [4.78, 5) is 14.5. The molecule has 0 spiro atoms. The molecule has 2 heterocycles. The van der Waals surface area contributed by atoms with Crippen LogP contribution < -0.4 is 5.43 Å². The summed E-state index contributed by atoms with van der Waals surface area (Å²) >= 11 is 8.05. The van der Waals surface area contributed by atoms with Gasteiger partial charge in [0.1, 0.15) is 5.15 Å². The lowest BCUT2D eigenvalue weighted by molar-refractivity contribution is 0.0959. The summed E-state index contributed by atoms with van der Waals surface area (Å²) in [6.45, 7) is 4.12. The van der Waals surface area contributed by atoms with E-state index in [1.165, 1.54) is 16.9 Å². The molecule has 5 nitrogen and oxygen atoms in total. The number of benzene rings is 1. The average Bonchev–Trinajstić information content (AvgIpc) is 3.24. The number of hydrogen-bond acceptors (Lipinski definition) is 4. The molecule has 1 aliphatic rings. The third-order valence-corrected chi connectivity index (χ3v) is 6.56. The Bertz CT molecular complexity index is 1040. The van der Waals surface area contributed by atoms with Crippen LogP contribution in [0.1, 0.15) is 44.7 Å². The topological polar surface area (TPSA) is 59.3 Å². The molecule has 7 heteroatoms. The Morgan fingerprint density at radius 3 is 2.96 bits per heavy atom. The van der Waals surface area contributed by atoms with E-state index < -0.39 is 0 Å². The number of nitrogens with zero attached hydrogens (tertiary/aromatic N) is 3. The standard InChI is InChI=1S/C21H21ClN4OS/c1-13-8-9-18-15(10-13)11-19(28-18)21(27)24-23-12-17-14(2)25-26(20(17)22)16-6-4-3-5-7-16/h3-7,11-13H,8-10H2,1-2H3,(H,24,27)/b23-12+. The molecule has 0 saturated heterocycles. The molecule has 4 rings (SSSR count). The predicted molar refractivity (Wildman–Crippen MR) is 114 cm³/mol. The molecule has 1 N–H and O–H groups in total. The van der Waals surface area contributed by atoms with Gasteiger partial charge in [-0.15, -0.1) is 11.3 Å². The van der Waals surface area contributed by atoms with Crippen LogP contribution in [0.15, 0.2) is 41.5 Å². The highest BCUT2D eigenvalue weighted by Crippen LogP contribution is 2.32. The molecule has 0 radical (unpaired) electrons. The number of fused-ring (bicyclic) bond motifs is 1. The number of hydrogen-bond donors (Lipinski definition) is 1. The van der Waals surface area contributed by atoms with Gasteiger partial charge in [-0.1, -0.05) is 36.7 Å². The molecule has 0 bridgehead atoms. The molecular weight excluding hydrogens is 392 g/mol. The molecule has 1 aromatic carbocycles. The van der Waals surface area contributed by atoms with Gasteiger partial charge in [0.2, 0.25) is 0 Å². The zero-order chi connectivity index (χ0) is 19.7. The number of amides is 1. The van der Waals surface area contributed by atoms with Gasteiger partial charge in [-0.05, 0) is 55.9 Å². The second-order valence-corrected chi connectivity index (χ2v) is 8.64. The Morgan fingerprint density at radius 2 is 2.18 bits per heavy atom. The summed E-state index contributed by atoms with van der Waals surface area (Å²) in [5.41, 5.74) is 6.22. The van der Waals surface area contributed by atoms with Gasteiger partial charge in [0, 0.05) is 4.88 Å². The van der Waals surface area contributed by atoms with E-state index in [1.807, 2.05) is 43.3 Å². The van der Waals surface area contributed by atoms with Crippen molar-refractivity contribution in [2.24, 2.45) is 11.0 Å². The zero-order valence-electron chi connectivity index (χ0n) is 15.8. The zero-order valence-corrected chi connectivity index (χ0v) is 17.3. The average molecular weight is 413 g/mol. The van der Waals surface area contributed by atoms with Crippen molar-refractivity contribution in [2.75, 3.05) is 0 Å². The molecule has 0 aliphatic heterocycles. The first-order valence-electron chi connectivity index (χ1n) is 9.28. The number of nitrogens with one attached hydrogen (secondary N) is 1. The fourth-order valence-electron chi connectivity index (χ4n) is 3.43. The predicted octanol–water partition coefficient (Wildman–Crippen LogP) is 4.78. The molecule has 1 aliphatic carbocycles. The Morgan fingerprint density at radius 1 is 1.39 bits per heavy atom. The lowest BCUT2D eigenvalue weighted by Gasteiger charge is -2.16. The maximum Gasteiger partial charge on any atom is 0.281 e. The van der Waals surface area contributed by atoms with Crippen LogP contribution in [0.3, 0.4) is 0 Å². The van der Waals surface area contributed by atoms with E-state index in [0.29, 0.717) is 21.5 Å². The summed E-state index contributed by atoms with van der Waals surface area (Å²) in [5.74, 6) is 0.495. The lowest BCUT2D eigenvalue weighted by Crippen LogP contribution is -2.16. The molecular formula is C21H21ClN4OS. The van der Waals surface area contributed by atoms with Crippen molar-refractivity contribution in [3.05, 3.63) is 68.1 Å². The van der Waals surface area contributed by atoms with Gasteiger partial charge in [-0.2, -0.15) is 10.2 Å². The number of carbonyl (C=O) groups excluding carboxylic acids is 1. The van der Waals surface area contributed by atoms with Gasteiger partial charge in [0.25, 0.3) is 5.91 Å². The number of aryl methyl sites for hydroxylation is 2. The van der Waals surface area contributed by atoms with Gasteiger partial charge >= 0.3 is 0 Å². The molecule has 144 valence electrons. The summed E-state index contributed by atoms with van der Waals surface area (Å²) < 4.78 is 1.66. The fourth-order valence-corrected chi connectivity index (χ4v) is 4.85. The lowest BCUT2D eigenvalue weighted by atomic mass is 9.90. The van der Waals surface area contributed by atoms with Crippen molar-refractivity contribution in [3.63, 3.8) is 0 Å². The third kappa shape index (κ3) is 3.75. The monoisotopic (exact) mass is 412 g/mol. The number of carbonyl (C=O) groups is 1.